The molecule has 21 heavy (non-hydrogen) atoms. The smallest absolute Gasteiger partial charge is 0.308 e. The summed E-state index contributed by atoms with van der Waals surface area (Å²) < 4.78 is 13.3. The first-order valence-corrected chi connectivity index (χ1v) is 6.76. The maximum Gasteiger partial charge on any atom is 0.308 e. The molecule has 1 heterocycles. The quantitative estimate of drug-likeness (QED) is 0.877. The zero-order chi connectivity index (χ0) is 15.8. The summed E-state index contributed by atoms with van der Waals surface area (Å²) in [6.07, 6.45) is 0. The number of aliphatic carboxylic acids is 1. The third kappa shape index (κ3) is 3.21. The van der Waals surface area contributed by atoms with Crippen LogP contribution in [0, 0.1) is 11.7 Å². The van der Waals surface area contributed by atoms with Gasteiger partial charge in [0.05, 0.1) is 11.5 Å². The highest BCUT2D eigenvalue weighted by Gasteiger charge is 2.42. The van der Waals surface area contributed by atoms with Crippen LogP contribution in [-0.4, -0.2) is 40.5 Å². The lowest BCUT2D eigenvalue weighted by Gasteiger charge is -2.25. The van der Waals surface area contributed by atoms with Crippen molar-refractivity contribution in [3.8, 4) is 0 Å². The molecule has 5 nitrogen and oxygen atoms in total. The van der Waals surface area contributed by atoms with Crippen molar-refractivity contribution in [3.63, 3.8) is 0 Å². The molecule has 2 atom stereocenters. The molecule has 0 aliphatic carbocycles. The van der Waals surface area contributed by atoms with Crippen LogP contribution in [0.2, 0.25) is 0 Å². The minimum atomic E-state index is -1.06. The molecule has 0 radical (unpaired) electrons. The summed E-state index contributed by atoms with van der Waals surface area (Å²) in [6, 6.07) is 5.86. The summed E-state index contributed by atoms with van der Waals surface area (Å²) in [4.78, 5) is 25.1. The van der Waals surface area contributed by atoms with Gasteiger partial charge in [0.2, 0.25) is 5.91 Å². The first-order chi connectivity index (χ1) is 9.70. The summed E-state index contributed by atoms with van der Waals surface area (Å²) in [5.41, 5.74) is 5.32. The van der Waals surface area contributed by atoms with Crippen molar-refractivity contribution < 1.29 is 19.1 Å². The molecule has 1 aromatic rings. The number of benzene rings is 1. The van der Waals surface area contributed by atoms with E-state index in [0.29, 0.717) is 5.56 Å². The van der Waals surface area contributed by atoms with Crippen molar-refractivity contribution >= 4 is 11.9 Å². The minimum absolute atomic E-state index is 0.0932. The largest absolute Gasteiger partial charge is 0.481 e. The predicted octanol–water partition coefficient (Wildman–Crippen LogP) is 1.19. The zero-order valence-corrected chi connectivity index (χ0v) is 12.0. The van der Waals surface area contributed by atoms with E-state index in [0.717, 1.165) is 0 Å². The summed E-state index contributed by atoms with van der Waals surface area (Å²) in [5, 5.41) is 9.35. The van der Waals surface area contributed by atoms with E-state index in [1.165, 1.54) is 17.0 Å². The molecule has 1 aliphatic heterocycles. The summed E-state index contributed by atoms with van der Waals surface area (Å²) >= 11 is 0. The third-order valence-electron chi connectivity index (χ3n) is 3.75. The first kappa shape index (κ1) is 15.4. The molecule has 114 valence electrons. The lowest BCUT2D eigenvalue weighted by molar-refractivity contribution is -0.142. The number of hydrogen-bond acceptors (Lipinski definition) is 3. The molecule has 0 aromatic heterocycles. The fraction of sp³-hybridized carbons (Fsp3) is 0.467. The molecular weight excluding hydrogens is 275 g/mol. The standard InChI is InChI=1S/C15H19FN2O3/c1-15(2,17)14(21)18-7-11(12(8-18)13(19)20)9-4-3-5-10(16)6-9/h3-6,11-12H,7-8,17H2,1-2H3,(H,19,20)/t11-,12+/m0/s1. The summed E-state index contributed by atoms with van der Waals surface area (Å²) in [5.74, 6) is -2.88. The van der Waals surface area contributed by atoms with Gasteiger partial charge in [-0.3, -0.25) is 9.59 Å². The highest BCUT2D eigenvalue weighted by molar-refractivity contribution is 5.86. The molecule has 1 fully saturated rings. The van der Waals surface area contributed by atoms with Gasteiger partial charge in [-0.2, -0.15) is 0 Å². The van der Waals surface area contributed by atoms with Crippen LogP contribution < -0.4 is 5.73 Å². The Morgan fingerprint density at radius 2 is 2.05 bits per heavy atom. The van der Waals surface area contributed by atoms with Gasteiger partial charge in [-0.25, -0.2) is 4.39 Å². The van der Waals surface area contributed by atoms with E-state index in [9.17, 15) is 19.1 Å². The van der Waals surface area contributed by atoms with E-state index in [1.807, 2.05) is 0 Å². The van der Waals surface area contributed by atoms with Gasteiger partial charge < -0.3 is 15.7 Å². The van der Waals surface area contributed by atoms with E-state index in [2.05, 4.69) is 0 Å². The fourth-order valence-corrected chi connectivity index (χ4v) is 2.70. The van der Waals surface area contributed by atoms with E-state index >= 15 is 0 Å². The van der Waals surface area contributed by atoms with Gasteiger partial charge in [-0.05, 0) is 31.5 Å². The number of carbonyl (C=O) groups excluding carboxylic acids is 1. The van der Waals surface area contributed by atoms with E-state index in [1.54, 1.807) is 26.0 Å². The number of carbonyl (C=O) groups is 2. The maximum atomic E-state index is 13.3. The van der Waals surface area contributed by atoms with Crippen LogP contribution in [0.5, 0.6) is 0 Å². The monoisotopic (exact) mass is 294 g/mol. The van der Waals surface area contributed by atoms with Crippen molar-refractivity contribution in [3.05, 3.63) is 35.6 Å². The molecule has 1 amide bonds. The lowest BCUT2D eigenvalue weighted by atomic mass is 9.89. The average Bonchev–Trinajstić information content (AvgIpc) is 2.81. The molecular formula is C15H19FN2O3. The molecule has 1 aliphatic rings. The number of carboxylic acids is 1. The highest BCUT2D eigenvalue weighted by atomic mass is 19.1. The molecule has 1 aromatic carbocycles. The Morgan fingerprint density at radius 1 is 1.38 bits per heavy atom. The third-order valence-corrected chi connectivity index (χ3v) is 3.75. The molecule has 6 heteroatoms. The van der Waals surface area contributed by atoms with Crippen molar-refractivity contribution in [1.82, 2.24) is 4.90 Å². The van der Waals surface area contributed by atoms with Gasteiger partial charge in [0.25, 0.3) is 0 Å². The van der Waals surface area contributed by atoms with Crippen LogP contribution in [0.15, 0.2) is 24.3 Å². The van der Waals surface area contributed by atoms with E-state index < -0.39 is 29.2 Å². The van der Waals surface area contributed by atoms with Gasteiger partial charge in [-0.1, -0.05) is 12.1 Å². The Labute approximate surface area is 122 Å². The second kappa shape index (κ2) is 5.44. The Bertz CT molecular complexity index is 568. The number of hydrogen-bond donors (Lipinski definition) is 2. The Hall–Kier alpha value is -1.95. The number of rotatable bonds is 3. The lowest BCUT2D eigenvalue weighted by Crippen LogP contribution is -2.50. The van der Waals surface area contributed by atoms with Gasteiger partial charge in [0.1, 0.15) is 5.82 Å². The Kier molecular flexibility index (Phi) is 4.00. The van der Waals surface area contributed by atoms with Crippen molar-refractivity contribution in [2.75, 3.05) is 13.1 Å². The van der Waals surface area contributed by atoms with E-state index in [-0.39, 0.29) is 19.0 Å². The number of nitrogens with two attached hydrogens (primary N) is 1. The molecule has 0 spiro atoms. The molecule has 2 rings (SSSR count). The second-order valence-corrected chi connectivity index (χ2v) is 6.04. The zero-order valence-electron chi connectivity index (χ0n) is 12.0. The normalized spacial score (nSPS) is 22.4. The number of amides is 1. The van der Waals surface area contributed by atoms with Crippen LogP contribution >= 0.6 is 0 Å². The molecule has 0 saturated carbocycles. The van der Waals surface area contributed by atoms with Gasteiger partial charge >= 0.3 is 5.97 Å². The second-order valence-electron chi connectivity index (χ2n) is 6.04. The number of carboxylic acid groups (broad SMARTS) is 1. The van der Waals surface area contributed by atoms with Crippen molar-refractivity contribution in [2.45, 2.75) is 25.3 Å². The maximum absolute atomic E-state index is 13.3. The number of halogens is 1. The number of likely N-dealkylation sites (tertiary alicyclic amines) is 1. The van der Waals surface area contributed by atoms with E-state index in [4.69, 9.17) is 5.73 Å². The SMILES string of the molecule is CC(C)(N)C(=O)N1C[C@@H](C(=O)O)[C@H](c2cccc(F)c2)C1. The Morgan fingerprint density at radius 3 is 2.57 bits per heavy atom. The molecule has 0 unspecified atom stereocenters. The van der Waals surface area contributed by atoms with Gasteiger partial charge in [0, 0.05) is 19.0 Å². The van der Waals surface area contributed by atoms with Gasteiger partial charge in [0.15, 0.2) is 0 Å². The van der Waals surface area contributed by atoms with Crippen LogP contribution in [-0.2, 0) is 9.59 Å². The molecule has 3 N–H and O–H groups in total. The average molecular weight is 294 g/mol. The first-order valence-electron chi connectivity index (χ1n) is 6.76. The van der Waals surface area contributed by atoms with Crippen LogP contribution in [0.4, 0.5) is 4.39 Å². The summed E-state index contributed by atoms with van der Waals surface area (Å²) in [6.45, 7) is 3.50. The van der Waals surface area contributed by atoms with Crippen LogP contribution in [0.25, 0.3) is 0 Å². The molecule has 1 saturated heterocycles. The number of nitrogens with zero attached hydrogens (tertiary/aromatic N) is 1. The van der Waals surface area contributed by atoms with Gasteiger partial charge in [-0.15, -0.1) is 0 Å². The highest BCUT2D eigenvalue weighted by Crippen LogP contribution is 2.34. The summed E-state index contributed by atoms with van der Waals surface area (Å²) in [7, 11) is 0. The predicted molar refractivity (Wildman–Crippen MR) is 75.1 cm³/mol. The van der Waals surface area contributed by atoms with Crippen molar-refractivity contribution in [1.29, 1.82) is 0 Å². The Balaban J connectivity index is 2.28. The van der Waals surface area contributed by atoms with Crippen LogP contribution in [0.3, 0.4) is 0 Å². The fourth-order valence-electron chi connectivity index (χ4n) is 2.70. The van der Waals surface area contributed by atoms with Crippen LogP contribution in [0.1, 0.15) is 25.3 Å². The molecule has 0 bridgehead atoms. The topological polar surface area (TPSA) is 83.6 Å². The van der Waals surface area contributed by atoms with Crippen molar-refractivity contribution in [2.24, 2.45) is 11.7 Å². The minimum Gasteiger partial charge on any atom is -0.481 e.